The Morgan fingerprint density at radius 2 is 1.30 bits per heavy atom. The molecule has 0 fully saturated rings. The van der Waals surface area contributed by atoms with Crippen molar-refractivity contribution in [1.29, 1.82) is 0 Å². The number of ether oxygens (including phenoxy) is 1. The Bertz CT molecular complexity index is 1140. The molecule has 7 nitrogen and oxygen atoms in total. The molecule has 0 aliphatic rings. The van der Waals surface area contributed by atoms with E-state index in [9.17, 15) is 9.59 Å². The molecule has 0 unspecified atom stereocenters. The molecule has 0 radical (unpaired) electrons. The monoisotopic (exact) mass is 441 g/mol. The van der Waals surface area contributed by atoms with Crippen LogP contribution in [-0.4, -0.2) is 11.9 Å². The Hall–Kier alpha value is -4.52. The molecular weight excluding hydrogens is 418 g/mol. The van der Waals surface area contributed by atoms with Gasteiger partial charge in [0.1, 0.15) is 18.1 Å². The number of amides is 3. The fourth-order valence-electron chi connectivity index (χ4n) is 3.24. The minimum absolute atomic E-state index is 0.0598. The van der Waals surface area contributed by atoms with Crippen LogP contribution in [0.5, 0.6) is 5.75 Å². The molecule has 0 aliphatic heterocycles. The van der Waals surface area contributed by atoms with Crippen molar-refractivity contribution in [3.63, 3.8) is 0 Å². The van der Waals surface area contributed by atoms with Gasteiger partial charge in [0, 0.05) is 0 Å². The number of furan rings is 1. The van der Waals surface area contributed by atoms with E-state index in [2.05, 4.69) is 16.2 Å². The molecule has 4 rings (SSSR count). The van der Waals surface area contributed by atoms with Crippen LogP contribution in [0.25, 0.3) is 0 Å². The van der Waals surface area contributed by atoms with Gasteiger partial charge < -0.3 is 14.5 Å². The predicted octanol–water partition coefficient (Wildman–Crippen LogP) is 4.59. The average Bonchev–Trinajstić information content (AvgIpc) is 3.35. The average molecular weight is 441 g/mol. The zero-order chi connectivity index (χ0) is 22.9. The van der Waals surface area contributed by atoms with E-state index >= 15 is 0 Å². The van der Waals surface area contributed by atoms with Crippen LogP contribution in [0.2, 0.25) is 0 Å². The third-order valence-corrected chi connectivity index (χ3v) is 4.84. The number of hydrogen-bond acceptors (Lipinski definition) is 4. The van der Waals surface area contributed by atoms with Crippen molar-refractivity contribution in [2.75, 3.05) is 0 Å². The first kappa shape index (κ1) is 21.7. The molecule has 3 aromatic carbocycles. The predicted molar refractivity (Wildman–Crippen MR) is 123 cm³/mol. The van der Waals surface area contributed by atoms with E-state index in [0.717, 1.165) is 11.1 Å². The van der Waals surface area contributed by atoms with Gasteiger partial charge in [0.2, 0.25) is 0 Å². The van der Waals surface area contributed by atoms with Crippen LogP contribution in [0.15, 0.2) is 108 Å². The van der Waals surface area contributed by atoms with Crippen LogP contribution in [0.3, 0.4) is 0 Å². The van der Waals surface area contributed by atoms with Gasteiger partial charge in [0.05, 0.1) is 6.04 Å². The van der Waals surface area contributed by atoms with Gasteiger partial charge in [-0.25, -0.2) is 10.2 Å². The Morgan fingerprint density at radius 1 is 0.727 bits per heavy atom. The van der Waals surface area contributed by atoms with Crippen molar-refractivity contribution in [2.45, 2.75) is 12.6 Å². The lowest BCUT2D eigenvalue weighted by atomic mass is 9.99. The highest BCUT2D eigenvalue weighted by atomic mass is 16.5. The number of hydrazine groups is 1. The first-order valence-corrected chi connectivity index (χ1v) is 10.4. The van der Waals surface area contributed by atoms with Gasteiger partial charge in [0.15, 0.2) is 5.76 Å². The summed E-state index contributed by atoms with van der Waals surface area (Å²) in [4.78, 5) is 24.9. The first-order valence-electron chi connectivity index (χ1n) is 10.4. The molecule has 0 bridgehead atoms. The van der Waals surface area contributed by atoms with Crippen molar-refractivity contribution in [3.8, 4) is 5.75 Å². The number of carbonyl (C=O) groups excluding carboxylic acids is 2. The molecule has 166 valence electrons. The summed E-state index contributed by atoms with van der Waals surface area (Å²) in [6, 6.07) is 30.7. The van der Waals surface area contributed by atoms with Gasteiger partial charge in [-0.2, -0.15) is 0 Å². The van der Waals surface area contributed by atoms with E-state index in [0.29, 0.717) is 11.5 Å². The normalized spacial score (nSPS) is 10.5. The molecule has 1 aromatic heterocycles. The summed E-state index contributed by atoms with van der Waals surface area (Å²) in [6.07, 6.45) is 0. The van der Waals surface area contributed by atoms with Crippen LogP contribution >= 0.6 is 0 Å². The summed E-state index contributed by atoms with van der Waals surface area (Å²) in [5.41, 5.74) is 6.57. The molecule has 4 aromatic rings. The lowest BCUT2D eigenvalue weighted by Crippen LogP contribution is -2.48. The lowest BCUT2D eigenvalue weighted by Gasteiger charge is -2.20. The zero-order valence-corrected chi connectivity index (χ0v) is 17.7. The highest BCUT2D eigenvalue weighted by Crippen LogP contribution is 2.21. The SMILES string of the molecule is O=C(NNC(=O)c1ccc(COc2ccccc2)o1)NC(c1ccccc1)c1ccccc1. The van der Waals surface area contributed by atoms with Gasteiger partial charge in [-0.05, 0) is 35.4 Å². The Morgan fingerprint density at radius 3 is 1.91 bits per heavy atom. The Balaban J connectivity index is 1.32. The molecule has 3 N–H and O–H groups in total. The van der Waals surface area contributed by atoms with Crippen LogP contribution in [0.1, 0.15) is 33.5 Å². The summed E-state index contributed by atoms with van der Waals surface area (Å²) in [6.45, 7) is 0.182. The van der Waals surface area contributed by atoms with E-state index in [1.807, 2.05) is 91.0 Å². The number of rotatable bonds is 7. The molecular formula is C26H23N3O4. The van der Waals surface area contributed by atoms with Gasteiger partial charge in [-0.15, -0.1) is 0 Å². The quantitative estimate of drug-likeness (QED) is 0.366. The number of carbonyl (C=O) groups is 2. The van der Waals surface area contributed by atoms with Crippen LogP contribution in [0, 0.1) is 0 Å². The van der Waals surface area contributed by atoms with E-state index in [1.165, 1.54) is 6.07 Å². The van der Waals surface area contributed by atoms with E-state index in [4.69, 9.17) is 9.15 Å². The van der Waals surface area contributed by atoms with Gasteiger partial charge in [0.25, 0.3) is 0 Å². The number of benzene rings is 3. The topological polar surface area (TPSA) is 92.6 Å². The summed E-state index contributed by atoms with van der Waals surface area (Å²) in [5.74, 6) is 0.669. The number of hydrogen-bond donors (Lipinski definition) is 3. The summed E-state index contributed by atoms with van der Waals surface area (Å²) < 4.78 is 11.1. The maximum absolute atomic E-state index is 12.5. The summed E-state index contributed by atoms with van der Waals surface area (Å²) >= 11 is 0. The van der Waals surface area contributed by atoms with Crippen LogP contribution < -0.4 is 20.9 Å². The zero-order valence-electron chi connectivity index (χ0n) is 17.7. The highest BCUT2D eigenvalue weighted by Gasteiger charge is 2.18. The van der Waals surface area contributed by atoms with Crippen molar-refractivity contribution >= 4 is 11.9 Å². The second kappa shape index (κ2) is 10.7. The Kier molecular flexibility index (Phi) is 7.02. The van der Waals surface area contributed by atoms with E-state index in [-0.39, 0.29) is 18.4 Å². The van der Waals surface area contributed by atoms with Gasteiger partial charge in [-0.1, -0.05) is 78.9 Å². The lowest BCUT2D eigenvalue weighted by molar-refractivity contribution is 0.0904. The molecule has 3 amide bonds. The number of urea groups is 1. The molecule has 0 saturated heterocycles. The molecule has 0 atom stereocenters. The van der Waals surface area contributed by atoms with Crippen molar-refractivity contribution in [1.82, 2.24) is 16.2 Å². The second-order valence-corrected chi connectivity index (χ2v) is 7.17. The minimum Gasteiger partial charge on any atom is -0.486 e. The van der Waals surface area contributed by atoms with E-state index < -0.39 is 11.9 Å². The fourth-order valence-corrected chi connectivity index (χ4v) is 3.24. The molecule has 33 heavy (non-hydrogen) atoms. The third kappa shape index (κ3) is 6.01. The Labute approximate surface area is 191 Å². The number of nitrogens with one attached hydrogen (secondary N) is 3. The molecule has 0 spiro atoms. The van der Waals surface area contributed by atoms with Gasteiger partial charge in [-0.3, -0.25) is 10.2 Å². The van der Waals surface area contributed by atoms with Crippen molar-refractivity contribution < 1.29 is 18.7 Å². The van der Waals surface area contributed by atoms with E-state index in [1.54, 1.807) is 6.07 Å². The fraction of sp³-hybridized carbons (Fsp3) is 0.0769. The highest BCUT2D eigenvalue weighted by molar-refractivity contribution is 5.92. The van der Waals surface area contributed by atoms with Crippen LogP contribution in [0.4, 0.5) is 4.79 Å². The van der Waals surface area contributed by atoms with Crippen molar-refractivity contribution in [3.05, 3.63) is 126 Å². The largest absolute Gasteiger partial charge is 0.486 e. The van der Waals surface area contributed by atoms with Crippen molar-refractivity contribution in [2.24, 2.45) is 0 Å². The standard InChI is InChI=1S/C26H23N3O4/c30-25(23-17-16-22(33-23)18-32-21-14-8-3-9-15-21)28-29-26(31)27-24(19-10-4-1-5-11-19)20-12-6-2-7-13-20/h1-17,24H,18H2,(H,28,30)(H2,27,29,31). The second-order valence-electron chi connectivity index (χ2n) is 7.17. The molecule has 7 heteroatoms. The third-order valence-electron chi connectivity index (χ3n) is 4.84. The number of para-hydroxylation sites is 1. The minimum atomic E-state index is -0.577. The molecule has 1 heterocycles. The maximum atomic E-state index is 12.5. The van der Waals surface area contributed by atoms with Gasteiger partial charge >= 0.3 is 11.9 Å². The smallest absolute Gasteiger partial charge is 0.334 e. The molecule has 0 aliphatic carbocycles. The van der Waals surface area contributed by atoms with Crippen LogP contribution in [-0.2, 0) is 6.61 Å². The maximum Gasteiger partial charge on any atom is 0.334 e. The molecule has 0 saturated carbocycles. The summed E-state index contributed by atoms with van der Waals surface area (Å²) in [7, 11) is 0. The summed E-state index contributed by atoms with van der Waals surface area (Å²) in [5, 5.41) is 2.88. The first-order chi connectivity index (χ1) is 16.2.